The molecule has 5 nitrogen and oxygen atoms in total. The van der Waals surface area contributed by atoms with Gasteiger partial charge >= 0.3 is 0 Å². The van der Waals surface area contributed by atoms with Crippen LogP contribution in [0.15, 0.2) is 66.7 Å². The zero-order chi connectivity index (χ0) is 20.4. The molecule has 0 spiro atoms. The molecule has 0 radical (unpaired) electrons. The zero-order valence-electron chi connectivity index (χ0n) is 16.0. The average molecular weight is 409 g/mol. The molecule has 1 saturated heterocycles. The first-order chi connectivity index (χ1) is 14.0. The van der Waals surface area contributed by atoms with E-state index in [2.05, 4.69) is 0 Å². The average Bonchev–Trinajstić information content (AvgIpc) is 3.11. The van der Waals surface area contributed by atoms with Crippen LogP contribution in [0.1, 0.15) is 17.9 Å². The molecule has 0 saturated carbocycles. The molecule has 1 heterocycles. The van der Waals surface area contributed by atoms with E-state index < -0.39 is 0 Å². The predicted molar refractivity (Wildman–Crippen MR) is 115 cm³/mol. The van der Waals surface area contributed by atoms with Crippen LogP contribution in [0.5, 0.6) is 17.2 Å². The van der Waals surface area contributed by atoms with Gasteiger partial charge in [0.2, 0.25) is 5.91 Å². The van der Waals surface area contributed by atoms with Crippen molar-refractivity contribution in [3.8, 4) is 17.2 Å². The minimum Gasteiger partial charge on any atom is -0.493 e. The van der Waals surface area contributed by atoms with Crippen LogP contribution in [0.2, 0.25) is 5.02 Å². The summed E-state index contributed by atoms with van der Waals surface area (Å²) in [4.78, 5) is 14.4. The fourth-order valence-corrected chi connectivity index (χ4v) is 3.66. The quantitative estimate of drug-likeness (QED) is 0.586. The highest BCUT2D eigenvalue weighted by Crippen LogP contribution is 2.38. The highest BCUT2D eigenvalue weighted by Gasteiger charge is 2.32. The van der Waals surface area contributed by atoms with Gasteiger partial charge in [0.15, 0.2) is 11.5 Å². The van der Waals surface area contributed by atoms with Crippen LogP contribution in [0.4, 0.5) is 11.4 Å². The molecule has 6 heteroatoms. The summed E-state index contributed by atoms with van der Waals surface area (Å²) < 4.78 is 11.5. The molecule has 29 heavy (non-hydrogen) atoms. The van der Waals surface area contributed by atoms with Gasteiger partial charge in [-0.25, -0.2) is 0 Å². The standard InChI is InChI=1S/C23H21ClN2O3/c1-28-21-10-5-15(11-22(21)29-20-8-6-17(24)7-9-20)16-12-23(27)26(14-16)19-4-2-3-18(25)13-19/h2-11,13,16H,12,14,25H2,1H3. The van der Waals surface area contributed by atoms with Crippen LogP contribution in [-0.4, -0.2) is 19.6 Å². The van der Waals surface area contributed by atoms with Crippen molar-refractivity contribution < 1.29 is 14.3 Å². The largest absolute Gasteiger partial charge is 0.493 e. The van der Waals surface area contributed by atoms with Crippen molar-refractivity contribution in [2.24, 2.45) is 0 Å². The van der Waals surface area contributed by atoms with Gasteiger partial charge in [0, 0.05) is 35.3 Å². The summed E-state index contributed by atoms with van der Waals surface area (Å²) in [6.07, 6.45) is 0.432. The number of halogens is 1. The molecule has 3 aromatic carbocycles. The van der Waals surface area contributed by atoms with Crippen molar-refractivity contribution in [3.05, 3.63) is 77.3 Å². The van der Waals surface area contributed by atoms with E-state index in [9.17, 15) is 4.79 Å². The van der Waals surface area contributed by atoms with E-state index in [1.54, 1.807) is 36.3 Å². The minimum atomic E-state index is 0.0578. The molecule has 1 atom stereocenters. The van der Waals surface area contributed by atoms with Crippen molar-refractivity contribution in [3.63, 3.8) is 0 Å². The number of benzene rings is 3. The van der Waals surface area contributed by atoms with E-state index in [0.717, 1.165) is 11.3 Å². The van der Waals surface area contributed by atoms with Gasteiger partial charge in [-0.15, -0.1) is 0 Å². The Morgan fingerprint density at radius 2 is 1.83 bits per heavy atom. The summed E-state index contributed by atoms with van der Waals surface area (Å²) in [6.45, 7) is 0.592. The molecule has 0 aromatic heterocycles. The number of nitrogens with zero attached hydrogens (tertiary/aromatic N) is 1. The molecule has 4 rings (SSSR count). The molecule has 0 aliphatic carbocycles. The van der Waals surface area contributed by atoms with E-state index in [0.29, 0.717) is 40.9 Å². The number of anilines is 2. The smallest absolute Gasteiger partial charge is 0.227 e. The molecule has 1 fully saturated rings. The molecular formula is C23H21ClN2O3. The van der Waals surface area contributed by atoms with Crippen molar-refractivity contribution >= 4 is 28.9 Å². The van der Waals surface area contributed by atoms with Crippen LogP contribution in [0.3, 0.4) is 0 Å². The fraction of sp³-hybridized carbons (Fsp3) is 0.174. The molecule has 1 aliphatic rings. The predicted octanol–water partition coefficient (Wildman–Crippen LogP) is 5.24. The summed E-state index contributed by atoms with van der Waals surface area (Å²) in [6, 6.07) is 20.3. The van der Waals surface area contributed by atoms with Crippen LogP contribution >= 0.6 is 11.6 Å². The van der Waals surface area contributed by atoms with E-state index in [1.165, 1.54) is 0 Å². The van der Waals surface area contributed by atoms with Gasteiger partial charge in [-0.2, -0.15) is 0 Å². The third kappa shape index (κ3) is 4.15. The van der Waals surface area contributed by atoms with E-state index in [-0.39, 0.29) is 11.8 Å². The first kappa shape index (κ1) is 19.2. The maximum atomic E-state index is 12.6. The summed E-state index contributed by atoms with van der Waals surface area (Å²) in [5.41, 5.74) is 8.36. The molecule has 0 bridgehead atoms. The number of carbonyl (C=O) groups excluding carboxylic acids is 1. The normalized spacial score (nSPS) is 16.1. The van der Waals surface area contributed by atoms with Gasteiger partial charge in [-0.05, 0) is 60.2 Å². The van der Waals surface area contributed by atoms with Crippen molar-refractivity contribution in [2.75, 3.05) is 24.3 Å². The van der Waals surface area contributed by atoms with E-state index in [4.69, 9.17) is 26.8 Å². The minimum absolute atomic E-state index is 0.0578. The van der Waals surface area contributed by atoms with Gasteiger partial charge in [0.05, 0.1) is 7.11 Å². The monoisotopic (exact) mass is 408 g/mol. The Balaban J connectivity index is 1.58. The van der Waals surface area contributed by atoms with Crippen LogP contribution in [0, 0.1) is 0 Å². The zero-order valence-corrected chi connectivity index (χ0v) is 16.7. The Morgan fingerprint density at radius 1 is 1.03 bits per heavy atom. The first-order valence-electron chi connectivity index (χ1n) is 9.31. The molecule has 1 aliphatic heterocycles. The Bertz CT molecular complexity index is 1040. The van der Waals surface area contributed by atoms with Gasteiger partial charge < -0.3 is 20.1 Å². The van der Waals surface area contributed by atoms with Gasteiger partial charge in [-0.1, -0.05) is 23.7 Å². The molecule has 3 aromatic rings. The molecule has 148 valence electrons. The molecule has 1 amide bonds. The maximum Gasteiger partial charge on any atom is 0.227 e. The number of hydrogen-bond donors (Lipinski definition) is 1. The number of nitrogen functional groups attached to an aromatic ring is 1. The third-order valence-electron chi connectivity index (χ3n) is 5.01. The number of rotatable bonds is 5. The highest BCUT2D eigenvalue weighted by molar-refractivity contribution is 6.30. The lowest BCUT2D eigenvalue weighted by atomic mass is 9.98. The van der Waals surface area contributed by atoms with Crippen LogP contribution in [-0.2, 0) is 4.79 Å². The Morgan fingerprint density at radius 3 is 2.55 bits per heavy atom. The summed E-state index contributed by atoms with van der Waals surface area (Å²) in [7, 11) is 1.60. The first-order valence-corrected chi connectivity index (χ1v) is 9.68. The Labute approximate surface area is 174 Å². The summed E-state index contributed by atoms with van der Waals surface area (Å²) in [5.74, 6) is 2.02. The Hall–Kier alpha value is -3.18. The second-order valence-electron chi connectivity index (χ2n) is 6.97. The Kier molecular flexibility index (Phi) is 5.32. The van der Waals surface area contributed by atoms with Crippen molar-refractivity contribution in [1.82, 2.24) is 0 Å². The maximum absolute atomic E-state index is 12.6. The topological polar surface area (TPSA) is 64.8 Å². The van der Waals surface area contributed by atoms with Crippen LogP contribution < -0.4 is 20.1 Å². The number of amides is 1. The lowest BCUT2D eigenvalue weighted by molar-refractivity contribution is -0.117. The molecular weight excluding hydrogens is 388 g/mol. The molecule has 2 N–H and O–H groups in total. The number of carbonyl (C=O) groups is 1. The SMILES string of the molecule is COc1ccc(C2CC(=O)N(c3cccc(N)c3)C2)cc1Oc1ccc(Cl)cc1. The van der Waals surface area contributed by atoms with Gasteiger partial charge in [0.1, 0.15) is 5.75 Å². The van der Waals surface area contributed by atoms with E-state index in [1.807, 2.05) is 42.5 Å². The van der Waals surface area contributed by atoms with Crippen molar-refractivity contribution in [2.45, 2.75) is 12.3 Å². The second-order valence-corrected chi connectivity index (χ2v) is 7.40. The lowest BCUT2D eigenvalue weighted by Crippen LogP contribution is -2.24. The van der Waals surface area contributed by atoms with Gasteiger partial charge in [0.25, 0.3) is 0 Å². The number of ether oxygens (including phenoxy) is 2. The highest BCUT2D eigenvalue weighted by atomic mass is 35.5. The van der Waals surface area contributed by atoms with Crippen molar-refractivity contribution in [1.29, 1.82) is 0 Å². The van der Waals surface area contributed by atoms with Crippen LogP contribution in [0.25, 0.3) is 0 Å². The molecule has 1 unspecified atom stereocenters. The third-order valence-corrected chi connectivity index (χ3v) is 5.26. The summed E-state index contributed by atoms with van der Waals surface area (Å²) >= 11 is 5.95. The second kappa shape index (κ2) is 8.05. The number of nitrogens with two attached hydrogens (primary N) is 1. The van der Waals surface area contributed by atoms with Gasteiger partial charge in [-0.3, -0.25) is 4.79 Å². The summed E-state index contributed by atoms with van der Waals surface area (Å²) in [5, 5.41) is 0.643. The number of hydrogen-bond acceptors (Lipinski definition) is 4. The van der Waals surface area contributed by atoms with E-state index >= 15 is 0 Å². The number of methoxy groups -OCH3 is 1. The fourth-order valence-electron chi connectivity index (χ4n) is 3.53. The lowest BCUT2D eigenvalue weighted by Gasteiger charge is -2.18.